The van der Waals surface area contributed by atoms with E-state index in [9.17, 15) is 18.0 Å². The number of aliphatic hydroxyl groups is 1. The molecule has 6 aromatic carbocycles. The highest BCUT2D eigenvalue weighted by molar-refractivity contribution is 6.76. The highest BCUT2D eigenvalue weighted by Gasteiger charge is 2.37. The molecule has 0 bridgehead atoms. The molecule has 7 nitrogen and oxygen atoms in total. The Labute approximate surface area is 384 Å². The number of aromatic nitrogens is 4. The first-order chi connectivity index (χ1) is 31.7. The minimum atomic E-state index is -4.88. The summed E-state index contributed by atoms with van der Waals surface area (Å²) in [5.74, 6) is -2.11. The van der Waals surface area contributed by atoms with Gasteiger partial charge in [0.05, 0.1) is 22.4 Å². The number of nitrogens with one attached hydrogen (secondary N) is 1. The molecule has 2 heterocycles. The maximum Gasteiger partial charge on any atom is 0.452 e. The molecule has 66 heavy (non-hydrogen) atoms. The normalized spacial score (nSPS) is 11.6. The zero-order chi connectivity index (χ0) is 47.1. The number of H-pyrrole nitrogens is 1. The van der Waals surface area contributed by atoms with Gasteiger partial charge in [0.1, 0.15) is 13.3 Å². The number of carbonyl (C=O) groups is 1. The van der Waals surface area contributed by atoms with Crippen molar-refractivity contribution in [2.24, 2.45) is 0 Å². The molecule has 0 aliphatic heterocycles. The van der Waals surface area contributed by atoms with Gasteiger partial charge in [-0.2, -0.15) is 23.4 Å². The Morgan fingerprint density at radius 2 is 1.15 bits per heavy atom. The average Bonchev–Trinajstić information content (AvgIpc) is 3.91. The van der Waals surface area contributed by atoms with Gasteiger partial charge in [-0.05, 0) is 87.0 Å². The lowest BCUT2D eigenvalue weighted by molar-refractivity contribution is -0.173. The van der Waals surface area contributed by atoms with Crippen molar-refractivity contribution in [1.29, 1.82) is 0 Å². The van der Waals surface area contributed by atoms with E-state index in [0.29, 0.717) is 6.73 Å². The predicted molar refractivity (Wildman–Crippen MR) is 268 cm³/mol. The Kier molecular flexibility index (Phi) is 16.6. The number of benzene rings is 6. The highest BCUT2D eigenvalue weighted by atomic mass is 28.3. The number of hydrogen-bond donors (Lipinski definition) is 2. The molecule has 0 spiro atoms. The molecule has 0 atom stereocenters. The molecule has 0 radical (unpaired) electrons. The monoisotopic (exact) mass is 902 g/mol. The third-order valence-electron chi connectivity index (χ3n) is 10.5. The fraction of sp³-hybridized carbons (Fsp3) is 0.145. The number of Topliss-reactive ketones (excluding diaryl/α,β-unsaturated/α-hetero) is 1. The summed E-state index contributed by atoms with van der Waals surface area (Å²) in [5.41, 5.74) is 12.7. The van der Waals surface area contributed by atoms with E-state index in [0.717, 1.165) is 90.4 Å². The van der Waals surface area contributed by atoms with E-state index in [1.807, 2.05) is 83.6 Å². The van der Waals surface area contributed by atoms with Crippen molar-refractivity contribution in [1.82, 2.24) is 20.0 Å². The summed E-state index contributed by atoms with van der Waals surface area (Å²) in [4.78, 5) is 9.46. The lowest BCUT2D eigenvalue weighted by atomic mass is 9.98. The van der Waals surface area contributed by atoms with Crippen LogP contribution < -0.4 is 0 Å². The number of fused-ring (bicyclic) bond motifs is 2. The van der Waals surface area contributed by atoms with Crippen LogP contribution in [0.4, 0.5) is 13.2 Å². The second-order valence-electron chi connectivity index (χ2n) is 16.6. The number of rotatable bonds is 14. The van der Waals surface area contributed by atoms with Crippen LogP contribution in [0.15, 0.2) is 171 Å². The summed E-state index contributed by atoms with van der Waals surface area (Å²) in [7, 11) is -1.13. The largest absolute Gasteiger partial charge is 0.452 e. The van der Waals surface area contributed by atoms with Gasteiger partial charge in [-0.3, -0.25) is 9.89 Å². The Morgan fingerprint density at radius 1 is 0.667 bits per heavy atom. The van der Waals surface area contributed by atoms with Gasteiger partial charge in [-0.15, -0.1) is 0 Å². The molecule has 0 saturated heterocycles. The summed E-state index contributed by atoms with van der Waals surface area (Å²) < 4.78 is 40.9. The predicted octanol–water partition coefficient (Wildman–Crippen LogP) is 13.5. The van der Waals surface area contributed by atoms with E-state index in [-0.39, 0.29) is 0 Å². The fourth-order valence-electron chi connectivity index (χ4n) is 6.67. The number of aromatic amines is 1. The number of nitrogens with zero attached hydrogens (tertiary/aromatic N) is 3. The highest BCUT2D eigenvalue weighted by Crippen LogP contribution is 2.29. The number of carbonyl (C=O) groups excluding carboxylic acids is 1. The number of hydrogen-bond acceptors (Lipinski definition) is 5. The van der Waals surface area contributed by atoms with Crippen LogP contribution in [-0.2, 0) is 16.3 Å². The molecule has 0 saturated carbocycles. The Bertz CT molecular complexity index is 2920. The molecule has 2 N–H and O–H groups in total. The number of ketones is 1. The molecule has 0 aliphatic carbocycles. The zero-order valence-corrected chi connectivity index (χ0v) is 38.3. The number of aliphatic hydroxyl groups excluding tert-OH is 1. The van der Waals surface area contributed by atoms with E-state index in [2.05, 4.69) is 146 Å². The third kappa shape index (κ3) is 13.7. The first-order valence-corrected chi connectivity index (χ1v) is 25.1. The lowest BCUT2D eigenvalue weighted by Gasteiger charge is -2.15. The lowest BCUT2D eigenvalue weighted by Crippen LogP contribution is -2.25. The van der Waals surface area contributed by atoms with Crippen LogP contribution in [0.5, 0.6) is 0 Å². The van der Waals surface area contributed by atoms with Gasteiger partial charge in [0, 0.05) is 25.5 Å². The molecule has 2 aromatic heterocycles. The van der Waals surface area contributed by atoms with Crippen molar-refractivity contribution in [3.05, 3.63) is 216 Å². The van der Waals surface area contributed by atoms with E-state index in [1.54, 1.807) is 0 Å². The number of alkyl halides is 3. The number of halogens is 3. The van der Waals surface area contributed by atoms with Crippen LogP contribution in [-0.4, -0.2) is 58.3 Å². The summed E-state index contributed by atoms with van der Waals surface area (Å²) in [6.45, 7) is 15.4. The van der Waals surface area contributed by atoms with Crippen molar-refractivity contribution in [3.8, 4) is 0 Å². The van der Waals surface area contributed by atoms with Crippen LogP contribution in [0.3, 0.4) is 0 Å². The summed E-state index contributed by atoms with van der Waals surface area (Å²) in [5, 5.41) is 22.3. The van der Waals surface area contributed by atoms with E-state index < -0.39 is 26.6 Å². The van der Waals surface area contributed by atoms with Gasteiger partial charge in [-0.1, -0.05) is 178 Å². The Hall–Kier alpha value is -7.18. The summed E-state index contributed by atoms with van der Waals surface area (Å²) >= 11 is 0. The van der Waals surface area contributed by atoms with Crippen molar-refractivity contribution in [2.45, 2.75) is 38.6 Å². The molecule has 0 fully saturated rings. The topological polar surface area (TPSA) is 93.0 Å². The van der Waals surface area contributed by atoms with Gasteiger partial charge in [0.15, 0.2) is 0 Å². The molecule has 8 aromatic rings. The molecule has 336 valence electrons. The van der Waals surface area contributed by atoms with Crippen LogP contribution in [0.25, 0.3) is 57.3 Å². The quantitative estimate of drug-likeness (QED) is 0.0838. The van der Waals surface area contributed by atoms with E-state index >= 15 is 0 Å². The maximum absolute atomic E-state index is 10.9. The molecule has 11 heteroatoms. The van der Waals surface area contributed by atoms with Gasteiger partial charge in [-0.25, -0.2) is 4.68 Å². The van der Waals surface area contributed by atoms with Crippen molar-refractivity contribution < 1.29 is 27.8 Å². The second kappa shape index (κ2) is 22.6. The standard InChI is InChI=1S/C29H32N2OSi.C23H18N2.C3H3F3O2/c1-23(25-13-9-6-10-14-25)26-16-17-27-28(18-15-24-11-7-5-8-12-24)30-31(29(27)21-26)22-32-19-20-33(2,3)4;1-17(19-10-6-3-7-11-19)20-13-14-21-22(24-25-23(21)16-20)15-12-18-8-4-2-5-9-18;4-3(5,6)2(8)1-7/h5-18,21H,1,19-20,22H2,2-4H3;2-16H,1H2,(H,24,25);7H,1H2/b18-15+;15-12+;. The first kappa shape index (κ1) is 48.3. The maximum atomic E-state index is 10.9. The summed E-state index contributed by atoms with van der Waals surface area (Å²) in [6, 6.07) is 55.0. The van der Waals surface area contributed by atoms with Crippen LogP contribution >= 0.6 is 0 Å². The molecule has 0 amide bonds. The molecular formula is C55H53F3N4O3Si. The van der Waals surface area contributed by atoms with Crippen LogP contribution in [0, 0.1) is 0 Å². The third-order valence-corrected chi connectivity index (χ3v) is 12.2. The van der Waals surface area contributed by atoms with Crippen molar-refractivity contribution in [2.75, 3.05) is 13.2 Å². The van der Waals surface area contributed by atoms with Crippen LogP contribution in [0.2, 0.25) is 25.7 Å². The first-order valence-electron chi connectivity index (χ1n) is 21.4. The molecular weight excluding hydrogens is 850 g/mol. The van der Waals surface area contributed by atoms with Crippen molar-refractivity contribution >= 4 is 71.1 Å². The molecule has 0 aliphatic rings. The zero-order valence-electron chi connectivity index (χ0n) is 37.3. The second-order valence-corrected chi connectivity index (χ2v) is 22.2. The SMILES string of the molecule is C=C(c1ccccc1)c1ccc2c(/C=C/c3ccccc3)n[nH]c2c1.C=C(c1ccccc1)c1ccc2c(/C=C/c3ccccc3)nn(COCC[Si](C)(C)C)c2c1.O=C(CO)C(F)(F)F. The van der Waals surface area contributed by atoms with E-state index in [1.165, 1.54) is 0 Å². The Morgan fingerprint density at radius 3 is 1.64 bits per heavy atom. The molecule has 0 unspecified atom stereocenters. The van der Waals surface area contributed by atoms with Gasteiger partial charge >= 0.3 is 6.18 Å². The number of ether oxygens (including phenoxy) is 1. The van der Waals surface area contributed by atoms with Crippen molar-refractivity contribution in [3.63, 3.8) is 0 Å². The van der Waals surface area contributed by atoms with Gasteiger partial charge in [0.25, 0.3) is 5.78 Å². The summed E-state index contributed by atoms with van der Waals surface area (Å²) in [6.07, 6.45) is 3.43. The van der Waals surface area contributed by atoms with Gasteiger partial charge in [0.2, 0.25) is 0 Å². The van der Waals surface area contributed by atoms with E-state index in [4.69, 9.17) is 14.9 Å². The van der Waals surface area contributed by atoms with Gasteiger partial charge < -0.3 is 9.84 Å². The molecule has 8 rings (SSSR count). The fourth-order valence-corrected chi connectivity index (χ4v) is 7.43. The minimum Gasteiger partial charge on any atom is -0.388 e. The smallest absolute Gasteiger partial charge is 0.388 e. The minimum absolute atomic E-state index is 0.446. The Balaban J connectivity index is 0.000000192. The average molecular weight is 903 g/mol. The van der Waals surface area contributed by atoms with Crippen LogP contribution in [0.1, 0.15) is 44.8 Å².